The third-order valence-electron chi connectivity index (χ3n) is 3.89. The Bertz CT molecular complexity index is 411. The monoisotopic (exact) mass is 266 g/mol. The van der Waals surface area contributed by atoms with Gasteiger partial charge in [0.25, 0.3) is 0 Å². The Balaban J connectivity index is 1.80. The van der Waals surface area contributed by atoms with Crippen LogP contribution in [0.3, 0.4) is 0 Å². The van der Waals surface area contributed by atoms with E-state index in [0.29, 0.717) is 24.0 Å². The van der Waals surface area contributed by atoms with Crippen LogP contribution in [-0.4, -0.2) is 31.1 Å². The number of ether oxygens (including phenoxy) is 1. The van der Waals surface area contributed by atoms with Gasteiger partial charge in [0.15, 0.2) is 0 Å². The molecule has 0 amide bonds. The van der Waals surface area contributed by atoms with Crippen molar-refractivity contribution < 1.29 is 9.13 Å². The fourth-order valence-corrected chi connectivity index (χ4v) is 2.61. The lowest BCUT2D eigenvalue weighted by atomic mass is 10.0. The minimum Gasteiger partial charge on any atom is -0.493 e. The van der Waals surface area contributed by atoms with Gasteiger partial charge in [0.2, 0.25) is 0 Å². The molecule has 4 heteroatoms. The zero-order valence-electron chi connectivity index (χ0n) is 11.6. The smallest absolute Gasteiger partial charge is 0.131 e. The molecular weight excluding hydrogens is 243 g/mol. The number of halogens is 1. The van der Waals surface area contributed by atoms with Crippen molar-refractivity contribution in [2.24, 2.45) is 5.73 Å². The van der Waals surface area contributed by atoms with E-state index in [1.54, 1.807) is 12.1 Å². The summed E-state index contributed by atoms with van der Waals surface area (Å²) in [5.41, 5.74) is 5.95. The first kappa shape index (κ1) is 14.3. The van der Waals surface area contributed by atoms with E-state index < -0.39 is 0 Å². The summed E-state index contributed by atoms with van der Waals surface area (Å²) in [7, 11) is 2.17. The highest BCUT2D eigenvalue weighted by molar-refractivity contribution is 5.28. The largest absolute Gasteiger partial charge is 0.493 e. The molecule has 106 valence electrons. The van der Waals surface area contributed by atoms with Crippen LogP contribution < -0.4 is 10.5 Å². The van der Waals surface area contributed by atoms with Crippen molar-refractivity contribution in [2.75, 3.05) is 20.2 Å². The second-order valence-electron chi connectivity index (χ2n) is 5.22. The van der Waals surface area contributed by atoms with Crippen LogP contribution in [0.25, 0.3) is 0 Å². The highest BCUT2D eigenvalue weighted by atomic mass is 19.1. The molecule has 1 unspecified atom stereocenters. The van der Waals surface area contributed by atoms with Gasteiger partial charge in [-0.3, -0.25) is 0 Å². The maximum absolute atomic E-state index is 13.5. The van der Waals surface area contributed by atoms with Crippen molar-refractivity contribution in [1.29, 1.82) is 0 Å². The molecule has 0 radical (unpaired) electrons. The summed E-state index contributed by atoms with van der Waals surface area (Å²) in [6.45, 7) is 2.03. The molecule has 1 saturated heterocycles. The van der Waals surface area contributed by atoms with E-state index >= 15 is 0 Å². The topological polar surface area (TPSA) is 38.5 Å². The Morgan fingerprint density at radius 3 is 2.95 bits per heavy atom. The van der Waals surface area contributed by atoms with Gasteiger partial charge in [0, 0.05) is 24.2 Å². The minimum atomic E-state index is -0.283. The average molecular weight is 266 g/mol. The number of nitrogens with two attached hydrogens (primary N) is 1. The summed E-state index contributed by atoms with van der Waals surface area (Å²) in [6.07, 6.45) is 4.82. The summed E-state index contributed by atoms with van der Waals surface area (Å²) in [5, 5.41) is 0. The summed E-state index contributed by atoms with van der Waals surface area (Å²) in [6, 6.07) is 5.50. The lowest BCUT2D eigenvalue weighted by Gasteiger charge is -2.32. The van der Waals surface area contributed by atoms with Crippen LogP contribution in [0.5, 0.6) is 5.75 Å². The van der Waals surface area contributed by atoms with Gasteiger partial charge >= 0.3 is 0 Å². The third kappa shape index (κ3) is 3.91. The lowest BCUT2D eigenvalue weighted by molar-refractivity contribution is 0.153. The second kappa shape index (κ2) is 6.87. The molecule has 19 heavy (non-hydrogen) atoms. The van der Waals surface area contributed by atoms with Gasteiger partial charge in [-0.05, 0) is 38.9 Å². The maximum atomic E-state index is 13.5. The molecule has 1 aromatic carbocycles. The predicted octanol–water partition coefficient (Wildman–Crippen LogP) is 2.54. The predicted molar refractivity (Wildman–Crippen MR) is 74.7 cm³/mol. The molecule has 1 fully saturated rings. The zero-order chi connectivity index (χ0) is 13.7. The van der Waals surface area contributed by atoms with E-state index in [2.05, 4.69) is 11.9 Å². The SMILES string of the molecule is CN1CCCCC1CCOc1ccc(CN)c(F)c1. The van der Waals surface area contributed by atoms with Gasteiger partial charge in [-0.15, -0.1) is 0 Å². The van der Waals surface area contributed by atoms with Crippen molar-refractivity contribution in [3.8, 4) is 5.75 Å². The molecule has 2 rings (SSSR count). The second-order valence-corrected chi connectivity index (χ2v) is 5.22. The van der Waals surface area contributed by atoms with Crippen LogP contribution in [0.2, 0.25) is 0 Å². The molecule has 0 spiro atoms. The first-order chi connectivity index (χ1) is 9.20. The van der Waals surface area contributed by atoms with Gasteiger partial charge in [-0.25, -0.2) is 4.39 Å². The number of rotatable bonds is 5. The van der Waals surface area contributed by atoms with Crippen LogP contribution in [0, 0.1) is 5.82 Å². The van der Waals surface area contributed by atoms with Gasteiger partial charge in [0.05, 0.1) is 6.61 Å². The number of hydrogen-bond donors (Lipinski definition) is 1. The van der Waals surface area contributed by atoms with Crippen molar-refractivity contribution in [3.63, 3.8) is 0 Å². The van der Waals surface area contributed by atoms with Crippen LogP contribution >= 0.6 is 0 Å². The third-order valence-corrected chi connectivity index (χ3v) is 3.89. The number of likely N-dealkylation sites (tertiary alicyclic amines) is 1. The Morgan fingerprint density at radius 2 is 2.26 bits per heavy atom. The van der Waals surface area contributed by atoms with Gasteiger partial charge in [0.1, 0.15) is 11.6 Å². The van der Waals surface area contributed by atoms with E-state index in [-0.39, 0.29) is 12.4 Å². The fourth-order valence-electron chi connectivity index (χ4n) is 2.61. The van der Waals surface area contributed by atoms with Crippen molar-refractivity contribution in [3.05, 3.63) is 29.6 Å². The highest BCUT2D eigenvalue weighted by Gasteiger charge is 2.18. The summed E-state index contributed by atoms with van der Waals surface area (Å²) in [4.78, 5) is 2.39. The Morgan fingerprint density at radius 1 is 1.42 bits per heavy atom. The zero-order valence-corrected chi connectivity index (χ0v) is 11.6. The van der Waals surface area contributed by atoms with E-state index in [1.807, 2.05) is 0 Å². The standard InChI is InChI=1S/C15H23FN2O/c1-18-8-3-2-4-13(18)7-9-19-14-6-5-12(11-17)15(16)10-14/h5-6,10,13H,2-4,7-9,11,17H2,1H3. The first-order valence-electron chi connectivity index (χ1n) is 7.02. The van der Waals surface area contributed by atoms with Crippen LogP contribution in [0.1, 0.15) is 31.2 Å². The van der Waals surface area contributed by atoms with Gasteiger partial charge < -0.3 is 15.4 Å². The van der Waals surface area contributed by atoms with Crippen LogP contribution in [0.4, 0.5) is 4.39 Å². The van der Waals surface area contributed by atoms with Crippen LogP contribution in [-0.2, 0) is 6.54 Å². The molecule has 1 aliphatic heterocycles. The fraction of sp³-hybridized carbons (Fsp3) is 0.600. The van der Waals surface area contributed by atoms with E-state index in [1.165, 1.54) is 31.9 Å². The van der Waals surface area contributed by atoms with Crippen molar-refractivity contribution >= 4 is 0 Å². The molecule has 2 N–H and O–H groups in total. The molecule has 1 aromatic rings. The molecule has 1 atom stereocenters. The normalized spacial score (nSPS) is 20.5. The summed E-state index contributed by atoms with van der Waals surface area (Å²) < 4.78 is 19.2. The summed E-state index contributed by atoms with van der Waals surface area (Å²) >= 11 is 0. The Hall–Kier alpha value is -1.13. The molecule has 3 nitrogen and oxygen atoms in total. The van der Waals surface area contributed by atoms with E-state index in [0.717, 1.165) is 6.42 Å². The number of piperidine rings is 1. The van der Waals surface area contributed by atoms with Gasteiger partial charge in [-0.1, -0.05) is 12.5 Å². The number of hydrogen-bond acceptors (Lipinski definition) is 3. The molecule has 0 aliphatic carbocycles. The maximum Gasteiger partial charge on any atom is 0.131 e. The molecule has 0 bridgehead atoms. The quantitative estimate of drug-likeness (QED) is 0.890. The Labute approximate surface area is 114 Å². The molecule has 1 aliphatic rings. The van der Waals surface area contributed by atoms with Crippen molar-refractivity contribution in [2.45, 2.75) is 38.3 Å². The molecular formula is C15H23FN2O. The average Bonchev–Trinajstić information content (AvgIpc) is 2.41. The lowest BCUT2D eigenvalue weighted by Crippen LogP contribution is -2.37. The van der Waals surface area contributed by atoms with Gasteiger partial charge in [-0.2, -0.15) is 0 Å². The Kier molecular flexibility index (Phi) is 5.16. The van der Waals surface area contributed by atoms with E-state index in [9.17, 15) is 4.39 Å². The number of benzene rings is 1. The molecule has 1 heterocycles. The first-order valence-corrected chi connectivity index (χ1v) is 7.02. The van der Waals surface area contributed by atoms with E-state index in [4.69, 9.17) is 10.5 Å². The molecule has 0 aromatic heterocycles. The minimum absolute atomic E-state index is 0.221. The van der Waals surface area contributed by atoms with Crippen molar-refractivity contribution in [1.82, 2.24) is 4.90 Å². The van der Waals surface area contributed by atoms with Crippen LogP contribution in [0.15, 0.2) is 18.2 Å². The highest BCUT2D eigenvalue weighted by Crippen LogP contribution is 2.20. The summed E-state index contributed by atoms with van der Waals surface area (Å²) in [5.74, 6) is 0.308. The molecule has 0 saturated carbocycles. The number of nitrogens with zero attached hydrogens (tertiary/aromatic N) is 1.